The average Bonchev–Trinajstić information content (AvgIpc) is 3.35. The van der Waals surface area contributed by atoms with Gasteiger partial charge in [-0.15, -0.1) is 0 Å². The zero-order valence-electron chi connectivity index (χ0n) is 44.1. The molecule has 2 aliphatic heterocycles. The lowest BCUT2D eigenvalue weighted by Gasteiger charge is -2.38. The molecule has 0 saturated carbocycles. The molecule has 2 aliphatic rings. The van der Waals surface area contributed by atoms with Gasteiger partial charge in [-0.1, -0.05) is 70.2 Å². The minimum Gasteiger partial charge on any atom is -0.391 e. The number of likely N-dealkylation sites (tertiary alicyclic amines) is 1. The van der Waals surface area contributed by atoms with Crippen LogP contribution >= 0.6 is 0 Å². The van der Waals surface area contributed by atoms with E-state index >= 15 is 0 Å². The van der Waals surface area contributed by atoms with Crippen LogP contribution < -0.4 is 16.0 Å². The Hall–Kier alpha value is -6.58. The lowest BCUT2D eigenvalue weighted by Crippen LogP contribution is -2.62. The van der Waals surface area contributed by atoms with Gasteiger partial charge in [0.05, 0.1) is 18.1 Å². The molecule has 2 aromatic rings. The number of nitrogens with one attached hydrogen (secondary N) is 3. The first-order valence-corrected chi connectivity index (χ1v) is 25.0. The van der Waals surface area contributed by atoms with Crippen LogP contribution in [0.25, 0.3) is 0 Å². The molecule has 1 unspecified atom stereocenters. The van der Waals surface area contributed by atoms with Gasteiger partial charge in [-0.2, -0.15) is 13.2 Å². The summed E-state index contributed by atoms with van der Waals surface area (Å²) in [7, 11) is 6.26. The monoisotopic (exact) mass is 1040 g/mol. The standard InChI is InChI=1S/C52H74F3N9O10/c1-31(2)25-39-46(69)58-44(33(5)65)50(73)62(9)41(49(72)64-23-15-12-16-24-64)29-43(67)63(10)51(74)59(6)30-42(66)56-37(27-34-17-13-11-14-18-34)45(68)57-38(28-35-19-21-36(22-20-35)52(53,54)55)47(70)61(8)40(26-32(3)4)48(71)60(39)7/h11,13-14,17-22,31-33,37-41,44,65H,12,15-16,23-30H2,1-10H3,(H,56,66)(H,57,68)(H,58,69)/t33-,37?,38+,39+,40+,41+,44+/m1/s1. The number of carbonyl (C=O) groups excluding carboxylic acids is 9. The van der Waals surface area contributed by atoms with Gasteiger partial charge in [0.1, 0.15) is 42.8 Å². The van der Waals surface area contributed by atoms with Crippen molar-refractivity contribution in [3.05, 3.63) is 71.3 Å². The summed E-state index contributed by atoms with van der Waals surface area (Å²) in [5, 5.41) is 19.0. The number of likely N-dealkylation sites (N-methyl/N-ethyl adjacent to an activating group) is 4. The van der Waals surface area contributed by atoms with Crippen LogP contribution in [0.15, 0.2) is 54.6 Å². The lowest BCUT2D eigenvalue weighted by molar-refractivity contribution is -0.152. The Morgan fingerprint density at radius 1 is 0.649 bits per heavy atom. The molecule has 0 aliphatic carbocycles. The van der Waals surface area contributed by atoms with Crippen molar-refractivity contribution in [2.75, 3.05) is 54.9 Å². The second-order valence-corrected chi connectivity index (χ2v) is 20.3. The summed E-state index contributed by atoms with van der Waals surface area (Å²) in [6.45, 7) is 8.36. The molecule has 4 N–H and O–H groups in total. The second-order valence-electron chi connectivity index (χ2n) is 20.3. The van der Waals surface area contributed by atoms with E-state index < -0.39 is 120 Å². The third-order valence-corrected chi connectivity index (χ3v) is 13.4. The van der Waals surface area contributed by atoms with Crippen molar-refractivity contribution in [1.29, 1.82) is 0 Å². The largest absolute Gasteiger partial charge is 0.416 e. The highest BCUT2D eigenvalue weighted by Gasteiger charge is 2.43. The fourth-order valence-corrected chi connectivity index (χ4v) is 9.06. The molecule has 2 fully saturated rings. The van der Waals surface area contributed by atoms with E-state index in [0.29, 0.717) is 36.4 Å². The first-order valence-electron chi connectivity index (χ1n) is 25.0. The number of hydrogen-bond acceptors (Lipinski definition) is 10. The predicted octanol–water partition coefficient (Wildman–Crippen LogP) is 2.83. The van der Waals surface area contributed by atoms with Gasteiger partial charge in [0, 0.05) is 61.2 Å². The smallest absolute Gasteiger partial charge is 0.391 e. The van der Waals surface area contributed by atoms with Gasteiger partial charge in [-0.05, 0) is 74.1 Å². The van der Waals surface area contributed by atoms with Gasteiger partial charge in [0.25, 0.3) is 0 Å². The first-order chi connectivity index (χ1) is 34.6. The number of aliphatic hydroxyl groups is 1. The number of carbonyl (C=O) groups is 9. The Kier molecular flexibility index (Phi) is 21.5. The van der Waals surface area contributed by atoms with Crippen molar-refractivity contribution < 1.29 is 61.4 Å². The molecule has 2 heterocycles. The van der Waals surface area contributed by atoms with Crippen LogP contribution in [0.4, 0.5) is 18.0 Å². The molecule has 0 bridgehead atoms. The van der Waals surface area contributed by atoms with Crippen LogP contribution in [-0.4, -0.2) is 185 Å². The fourth-order valence-electron chi connectivity index (χ4n) is 9.06. The van der Waals surface area contributed by atoms with E-state index in [1.165, 1.54) is 40.0 Å². The highest BCUT2D eigenvalue weighted by molar-refractivity contribution is 6.01. The number of amides is 10. The SMILES string of the molecule is CC(C)C[C@H]1C(=O)N(C)[C@@H](CC(C)C)C(=O)N[C@@H]([C@@H](C)O)C(=O)N(C)[C@H](C(=O)N2CCCCC2)CC(=O)N(C)C(=O)N(C)CC(=O)NC(Cc2ccccc2)C(=O)N[C@@H](Cc2ccc(C(F)(F)F)cc2)C(=O)N1C. The van der Waals surface area contributed by atoms with E-state index in [1.807, 2.05) is 0 Å². The number of rotatable bonds is 10. The van der Waals surface area contributed by atoms with Gasteiger partial charge < -0.3 is 45.6 Å². The average molecular weight is 1040 g/mol. The minimum atomic E-state index is -4.68. The number of hydrogen-bond donors (Lipinski definition) is 4. The molecule has 2 saturated heterocycles. The number of piperidine rings is 1. The lowest BCUT2D eigenvalue weighted by atomic mass is 9.96. The predicted molar refractivity (Wildman–Crippen MR) is 267 cm³/mol. The molecule has 0 spiro atoms. The molecule has 4 rings (SSSR count). The Balaban J connectivity index is 1.89. The van der Waals surface area contributed by atoms with E-state index in [1.54, 1.807) is 58.0 Å². The van der Waals surface area contributed by atoms with Crippen molar-refractivity contribution in [2.45, 2.75) is 135 Å². The van der Waals surface area contributed by atoms with E-state index in [0.717, 1.165) is 57.3 Å². The summed E-state index contributed by atoms with van der Waals surface area (Å²) in [6, 6.07) is 2.60. The van der Waals surface area contributed by atoms with Crippen LogP contribution in [0, 0.1) is 11.8 Å². The molecule has 0 radical (unpaired) electrons. The second kappa shape index (κ2) is 26.6. The van der Waals surface area contributed by atoms with Crippen molar-refractivity contribution in [1.82, 2.24) is 45.3 Å². The van der Waals surface area contributed by atoms with Crippen molar-refractivity contribution >= 4 is 53.3 Å². The number of alkyl halides is 3. The van der Waals surface area contributed by atoms with Crippen molar-refractivity contribution in [2.24, 2.45) is 11.8 Å². The fraction of sp³-hybridized carbons (Fsp3) is 0.596. The maximum atomic E-state index is 14.9. The van der Waals surface area contributed by atoms with Gasteiger partial charge in [-0.25, -0.2) is 4.79 Å². The quantitative estimate of drug-likeness (QED) is 0.272. The van der Waals surface area contributed by atoms with Crippen LogP contribution in [0.3, 0.4) is 0 Å². The van der Waals surface area contributed by atoms with Crippen molar-refractivity contribution in [3.8, 4) is 0 Å². The number of benzene rings is 2. The van der Waals surface area contributed by atoms with Crippen LogP contribution in [0.1, 0.15) is 89.8 Å². The summed E-state index contributed by atoms with van der Waals surface area (Å²) in [4.78, 5) is 136. The number of nitrogens with zero attached hydrogens (tertiary/aromatic N) is 6. The van der Waals surface area contributed by atoms with Crippen LogP contribution in [-0.2, 0) is 57.4 Å². The molecule has 19 nitrogen and oxygen atoms in total. The highest BCUT2D eigenvalue weighted by atomic mass is 19.4. The molecule has 408 valence electrons. The van der Waals surface area contributed by atoms with Crippen molar-refractivity contribution in [3.63, 3.8) is 0 Å². The zero-order valence-corrected chi connectivity index (χ0v) is 44.1. The summed E-state index contributed by atoms with van der Waals surface area (Å²) in [5.41, 5.74) is -0.185. The topological polar surface area (TPSA) is 229 Å². The summed E-state index contributed by atoms with van der Waals surface area (Å²) >= 11 is 0. The summed E-state index contributed by atoms with van der Waals surface area (Å²) < 4.78 is 40.9. The van der Waals surface area contributed by atoms with Gasteiger partial charge in [0.15, 0.2) is 0 Å². The number of imide groups is 1. The van der Waals surface area contributed by atoms with Crippen LogP contribution in [0.2, 0.25) is 0 Å². The first kappa shape index (κ1) is 60.0. The molecular weight excluding hydrogens is 968 g/mol. The summed E-state index contributed by atoms with van der Waals surface area (Å²) in [5.74, 6) is -7.19. The van der Waals surface area contributed by atoms with E-state index in [2.05, 4.69) is 16.0 Å². The van der Waals surface area contributed by atoms with Gasteiger partial charge >= 0.3 is 12.2 Å². The normalized spacial score (nSPS) is 24.0. The maximum absolute atomic E-state index is 14.9. The molecule has 10 amide bonds. The van der Waals surface area contributed by atoms with E-state index in [4.69, 9.17) is 0 Å². The number of urea groups is 1. The zero-order chi connectivity index (χ0) is 55.4. The number of aliphatic hydroxyl groups excluding tert-OH is 1. The molecule has 7 atom stereocenters. The molecule has 0 aromatic heterocycles. The number of halogens is 3. The maximum Gasteiger partial charge on any atom is 0.416 e. The highest BCUT2D eigenvalue weighted by Crippen LogP contribution is 2.30. The Labute approximate surface area is 431 Å². The third kappa shape index (κ3) is 16.2. The molecular formula is C52H74F3N9O10. The Bertz CT molecular complexity index is 2310. The third-order valence-electron chi connectivity index (χ3n) is 13.4. The van der Waals surface area contributed by atoms with E-state index in [-0.39, 0.29) is 43.1 Å². The van der Waals surface area contributed by atoms with E-state index in [9.17, 15) is 61.4 Å². The molecule has 2 aromatic carbocycles. The minimum absolute atomic E-state index is 0.0250. The Morgan fingerprint density at radius 3 is 1.74 bits per heavy atom. The molecule has 22 heteroatoms. The van der Waals surface area contributed by atoms with Gasteiger partial charge in [-0.3, -0.25) is 43.3 Å². The summed E-state index contributed by atoms with van der Waals surface area (Å²) in [6.07, 6.45) is -5.28. The van der Waals surface area contributed by atoms with Crippen LogP contribution in [0.5, 0.6) is 0 Å². The molecule has 74 heavy (non-hydrogen) atoms. The Morgan fingerprint density at radius 2 is 1.19 bits per heavy atom. The van der Waals surface area contributed by atoms with Gasteiger partial charge in [0.2, 0.25) is 47.3 Å².